The van der Waals surface area contributed by atoms with Gasteiger partial charge in [0.1, 0.15) is 0 Å². The summed E-state index contributed by atoms with van der Waals surface area (Å²) in [6, 6.07) is 0. The molecule has 1 aliphatic rings. The van der Waals surface area contributed by atoms with Gasteiger partial charge in [-0.1, -0.05) is 26.5 Å². The topological polar surface area (TPSA) is 29.0 Å². The Morgan fingerprint density at radius 3 is 2.35 bits per heavy atom. The van der Waals surface area contributed by atoms with Gasteiger partial charge in [0.2, 0.25) is 5.95 Å². The molecule has 0 spiro atoms. The molecule has 0 bridgehead atoms. The van der Waals surface area contributed by atoms with Crippen molar-refractivity contribution >= 4 is 12.0 Å². The summed E-state index contributed by atoms with van der Waals surface area (Å²) in [5.41, 5.74) is 0.978. The van der Waals surface area contributed by atoms with Crippen molar-refractivity contribution in [2.75, 3.05) is 18.0 Å². The minimum absolute atomic E-state index is 0.793. The number of aromatic nitrogens is 2. The van der Waals surface area contributed by atoms with Gasteiger partial charge < -0.3 is 4.90 Å². The second-order valence-electron chi connectivity index (χ2n) is 5.09. The van der Waals surface area contributed by atoms with Gasteiger partial charge in [-0.2, -0.15) is 0 Å². The number of piperidine rings is 1. The van der Waals surface area contributed by atoms with Crippen molar-refractivity contribution in [3.05, 3.63) is 24.5 Å². The molecule has 0 unspecified atom stereocenters. The minimum atomic E-state index is 0.793. The van der Waals surface area contributed by atoms with Crippen molar-refractivity contribution in [3.8, 4) is 0 Å². The van der Waals surface area contributed by atoms with E-state index in [0.29, 0.717) is 0 Å². The summed E-state index contributed by atoms with van der Waals surface area (Å²) in [7, 11) is 0. The first-order valence-electron chi connectivity index (χ1n) is 6.40. The first kappa shape index (κ1) is 12.1. The molecule has 1 aromatic heterocycles. The summed E-state index contributed by atoms with van der Waals surface area (Å²) in [5.74, 6) is 2.51. The Morgan fingerprint density at radius 2 is 1.88 bits per heavy atom. The molecule has 1 saturated heterocycles. The molecule has 0 saturated carbocycles. The van der Waals surface area contributed by atoms with Gasteiger partial charge in [0, 0.05) is 31.0 Å². The molecule has 0 atom stereocenters. The number of rotatable bonds is 3. The SMILES string of the molecule is C=Cc1cnc(N2CCC(C(C)C)CC2)nc1. The smallest absolute Gasteiger partial charge is 0.225 e. The van der Waals surface area contributed by atoms with E-state index in [1.807, 2.05) is 12.4 Å². The van der Waals surface area contributed by atoms with E-state index in [1.54, 1.807) is 6.08 Å². The molecule has 1 aromatic rings. The van der Waals surface area contributed by atoms with Crippen LogP contribution in [0.1, 0.15) is 32.3 Å². The van der Waals surface area contributed by atoms with Gasteiger partial charge in [-0.15, -0.1) is 0 Å². The standard InChI is InChI=1S/C14H21N3/c1-4-12-9-15-14(16-10-12)17-7-5-13(6-8-17)11(2)3/h4,9-11,13H,1,5-8H2,2-3H3. The van der Waals surface area contributed by atoms with E-state index < -0.39 is 0 Å². The minimum Gasteiger partial charge on any atom is -0.341 e. The molecule has 92 valence electrons. The van der Waals surface area contributed by atoms with Crippen molar-refractivity contribution in [1.29, 1.82) is 0 Å². The van der Waals surface area contributed by atoms with E-state index in [0.717, 1.165) is 36.4 Å². The Balaban J connectivity index is 1.97. The third-order valence-electron chi connectivity index (χ3n) is 3.66. The van der Waals surface area contributed by atoms with Crippen molar-refractivity contribution in [2.45, 2.75) is 26.7 Å². The Bertz CT molecular complexity index is 362. The lowest BCUT2D eigenvalue weighted by Gasteiger charge is -2.33. The first-order chi connectivity index (χ1) is 8.20. The van der Waals surface area contributed by atoms with Crippen LogP contribution in [-0.4, -0.2) is 23.1 Å². The zero-order chi connectivity index (χ0) is 12.3. The summed E-state index contributed by atoms with van der Waals surface area (Å²) in [5, 5.41) is 0. The van der Waals surface area contributed by atoms with Gasteiger partial charge in [0.05, 0.1) is 0 Å². The molecular weight excluding hydrogens is 210 g/mol. The average molecular weight is 231 g/mol. The van der Waals surface area contributed by atoms with Crippen LogP contribution in [0.15, 0.2) is 19.0 Å². The highest BCUT2D eigenvalue weighted by Gasteiger charge is 2.22. The molecule has 1 aliphatic heterocycles. The molecule has 0 radical (unpaired) electrons. The van der Waals surface area contributed by atoms with Crippen LogP contribution in [0.5, 0.6) is 0 Å². The molecule has 2 rings (SSSR count). The molecule has 0 amide bonds. The average Bonchev–Trinajstić information content (AvgIpc) is 2.39. The Labute approximate surface area is 104 Å². The van der Waals surface area contributed by atoms with E-state index in [2.05, 4.69) is 35.3 Å². The quantitative estimate of drug-likeness (QED) is 0.800. The van der Waals surface area contributed by atoms with Crippen molar-refractivity contribution in [1.82, 2.24) is 9.97 Å². The first-order valence-corrected chi connectivity index (χ1v) is 6.40. The van der Waals surface area contributed by atoms with Gasteiger partial charge in [-0.05, 0) is 24.7 Å². The fourth-order valence-corrected chi connectivity index (χ4v) is 2.37. The molecule has 17 heavy (non-hydrogen) atoms. The van der Waals surface area contributed by atoms with Crippen LogP contribution in [0.3, 0.4) is 0 Å². The molecule has 0 aromatic carbocycles. The molecule has 2 heterocycles. The second-order valence-corrected chi connectivity index (χ2v) is 5.09. The predicted molar refractivity (Wildman–Crippen MR) is 71.9 cm³/mol. The number of hydrogen-bond donors (Lipinski definition) is 0. The maximum absolute atomic E-state index is 4.39. The van der Waals surface area contributed by atoms with Crippen LogP contribution >= 0.6 is 0 Å². The van der Waals surface area contributed by atoms with E-state index in [1.165, 1.54) is 12.8 Å². The van der Waals surface area contributed by atoms with Gasteiger partial charge in [-0.3, -0.25) is 0 Å². The molecule has 3 nitrogen and oxygen atoms in total. The van der Waals surface area contributed by atoms with Crippen LogP contribution in [0.25, 0.3) is 6.08 Å². The zero-order valence-electron chi connectivity index (χ0n) is 10.8. The fraction of sp³-hybridized carbons (Fsp3) is 0.571. The lowest BCUT2D eigenvalue weighted by atomic mass is 9.87. The third kappa shape index (κ3) is 2.84. The van der Waals surface area contributed by atoms with Crippen molar-refractivity contribution in [2.24, 2.45) is 11.8 Å². The lowest BCUT2D eigenvalue weighted by molar-refractivity contribution is 0.310. The summed E-state index contributed by atoms with van der Waals surface area (Å²) in [6.07, 6.45) is 7.96. The van der Waals surface area contributed by atoms with Gasteiger partial charge in [0.15, 0.2) is 0 Å². The Kier molecular flexibility index (Phi) is 3.77. The third-order valence-corrected chi connectivity index (χ3v) is 3.66. The van der Waals surface area contributed by atoms with E-state index in [4.69, 9.17) is 0 Å². The predicted octanol–water partition coefficient (Wildman–Crippen LogP) is 2.99. The van der Waals surface area contributed by atoms with E-state index in [-0.39, 0.29) is 0 Å². The Hall–Kier alpha value is -1.38. The normalized spacial score (nSPS) is 17.5. The lowest BCUT2D eigenvalue weighted by Crippen LogP contribution is -2.36. The Morgan fingerprint density at radius 1 is 1.29 bits per heavy atom. The van der Waals surface area contributed by atoms with Crippen LogP contribution in [0.4, 0.5) is 5.95 Å². The van der Waals surface area contributed by atoms with Crippen molar-refractivity contribution < 1.29 is 0 Å². The largest absolute Gasteiger partial charge is 0.341 e. The zero-order valence-corrected chi connectivity index (χ0v) is 10.8. The summed E-state index contributed by atoms with van der Waals surface area (Å²) >= 11 is 0. The highest BCUT2D eigenvalue weighted by Crippen LogP contribution is 2.26. The van der Waals surface area contributed by atoms with Crippen molar-refractivity contribution in [3.63, 3.8) is 0 Å². The van der Waals surface area contributed by atoms with Crippen LogP contribution in [-0.2, 0) is 0 Å². The van der Waals surface area contributed by atoms with E-state index >= 15 is 0 Å². The van der Waals surface area contributed by atoms with E-state index in [9.17, 15) is 0 Å². The fourth-order valence-electron chi connectivity index (χ4n) is 2.37. The van der Waals surface area contributed by atoms with Gasteiger partial charge in [-0.25, -0.2) is 9.97 Å². The van der Waals surface area contributed by atoms with Crippen LogP contribution in [0, 0.1) is 11.8 Å². The molecule has 3 heteroatoms. The monoisotopic (exact) mass is 231 g/mol. The number of nitrogens with zero attached hydrogens (tertiary/aromatic N) is 3. The van der Waals surface area contributed by atoms with Gasteiger partial charge in [0.25, 0.3) is 0 Å². The molecule has 0 aliphatic carbocycles. The summed E-state index contributed by atoms with van der Waals surface area (Å²) in [4.78, 5) is 11.1. The van der Waals surface area contributed by atoms with Crippen LogP contribution < -0.4 is 4.90 Å². The molecule has 1 fully saturated rings. The maximum atomic E-state index is 4.39. The number of hydrogen-bond acceptors (Lipinski definition) is 3. The highest BCUT2D eigenvalue weighted by molar-refractivity contribution is 5.45. The molecular formula is C14H21N3. The summed E-state index contributed by atoms with van der Waals surface area (Å²) in [6.45, 7) is 10.5. The van der Waals surface area contributed by atoms with Crippen LogP contribution in [0.2, 0.25) is 0 Å². The molecule has 0 N–H and O–H groups in total. The maximum Gasteiger partial charge on any atom is 0.225 e. The highest BCUT2D eigenvalue weighted by atomic mass is 15.2. The number of anilines is 1. The van der Waals surface area contributed by atoms with Gasteiger partial charge >= 0.3 is 0 Å². The summed E-state index contributed by atoms with van der Waals surface area (Å²) < 4.78 is 0. The second kappa shape index (κ2) is 5.30.